The highest BCUT2D eigenvalue weighted by atomic mass is 16.3. The molecule has 1 saturated heterocycles. The Morgan fingerprint density at radius 2 is 1.94 bits per heavy atom. The van der Waals surface area contributed by atoms with Gasteiger partial charge in [-0.2, -0.15) is 0 Å². The molecule has 1 heterocycles. The standard InChI is InChI=1S/C12H22N2O2/c13-7-9-1-3-10(4-2-9)12(16)14-6-5-11(15)8-14/h9-11,15H,1-8,13H2. The normalized spacial score (nSPS) is 35.4. The molecule has 1 aliphatic carbocycles. The predicted molar refractivity (Wildman–Crippen MR) is 61.7 cm³/mol. The van der Waals surface area contributed by atoms with Crippen LogP contribution in [0.4, 0.5) is 0 Å². The molecule has 2 aliphatic rings. The number of nitrogens with two attached hydrogens (primary N) is 1. The molecule has 4 heteroatoms. The van der Waals surface area contributed by atoms with Crippen molar-refractivity contribution in [1.29, 1.82) is 0 Å². The lowest BCUT2D eigenvalue weighted by atomic mass is 9.81. The van der Waals surface area contributed by atoms with Crippen molar-refractivity contribution in [3.63, 3.8) is 0 Å². The molecule has 1 atom stereocenters. The molecule has 0 spiro atoms. The van der Waals surface area contributed by atoms with Gasteiger partial charge in [-0.05, 0) is 44.6 Å². The maximum Gasteiger partial charge on any atom is 0.225 e. The van der Waals surface area contributed by atoms with Crippen molar-refractivity contribution in [2.45, 2.75) is 38.2 Å². The number of aliphatic hydroxyl groups excluding tert-OH is 1. The summed E-state index contributed by atoms with van der Waals surface area (Å²) in [5.41, 5.74) is 5.64. The number of rotatable bonds is 2. The summed E-state index contributed by atoms with van der Waals surface area (Å²) in [6.07, 6.45) is 4.57. The fraction of sp³-hybridized carbons (Fsp3) is 0.917. The second kappa shape index (κ2) is 5.15. The van der Waals surface area contributed by atoms with Gasteiger partial charge in [0.25, 0.3) is 0 Å². The number of carbonyl (C=O) groups excluding carboxylic acids is 1. The minimum atomic E-state index is -0.302. The van der Waals surface area contributed by atoms with Gasteiger partial charge in [0.1, 0.15) is 0 Å². The lowest BCUT2D eigenvalue weighted by molar-refractivity contribution is -0.136. The molecule has 0 bridgehead atoms. The van der Waals surface area contributed by atoms with Gasteiger partial charge in [-0.15, -0.1) is 0 Å². The van der Waals surface area contributed by atoms with Crippen LogP contribution < -0.4 is 5.73 Å². The van der Waals surface area contributed by atoms with Crippen LogP contribution in [0.1, 0.15) is 32.1 Å². The molecule has 92 valence electrons. The number of hydrogen-bond donors (Lipinski definition) is 2. The van der Waals surface area contributed by atoms with Crippen molar-refractivity contribution < 1.29 is 9.90 Å². The van der Waals surface area contributed by atoms with Gasteiger partial charge in [-0.25, -0.2) is 0 Å². The largest absolute Gasteiger partial charge is 0.391 e. The van der Waals surface area contributed by atoms with E-state index in [4.69, 9.17) is 5.73 Å². The van der Waals surface area contributed by atoms with Crippen molar-refractivity contribution in [2.24, 2.45) is 17.6 Å². The van der Waals surface area contributed by atoms with Gasteiger partial charge in [0.2, 0.25) is 5.91 Å². The number of carbonyl (C=O) groups is 1. The average Bonchev–Trinajstić information content (AvgIpc) is 2.75. The Kier molecular flexibility index (Phi) is 3.82. The van der Waals surface area contributed by atoms with Gasteiger partial charge in [-0.3, -0.25) is 4.79 Å². The Balaban J connectivity index is 1.82. The number of amides is 1. The molecule has 1 saturated carbocycles. The van der Waals surface area contributed by atoms with E-state index in [1.165, 1.54) is 0 Å². The summed E-state index contributed by atoms with van der Waals surface area (Å²) < 4.78 is 0. The number of nitrogens with zero attached hydrogens (tertiary/aromatic N) is 1. The fourth-order valence-corrected chi connectivity index (χ4v) is 2.85. The maximum absolute atomic E-state index is 12.1. The Morgan fingerprint density at radius 1 is 1.25 bits per heavy atom. The molecular formula is C12H22N2O2. The summed E-state index contributed by atoms with van der Waals surface area (Å²) >= 11 is 0. The van der Waals surface area contributed by atoms with Gasteiger partial charge in [0.05, 0.1) is 6.10 Å². The number of β-amino-alcohol motifs (C(OH)–C–C–N with tert-alkyl or cyclic N) is 1. The summed E-state index contributed by atoms with van der Waals surface area (Å²) in [6, 6.07) is 0. The zero-order valence-electron chi connectivity index (χ0n) is 9.77. The minimum absolute atomic E-state index is 0.188. The first kappa shape index (κ1) is 11.9. The molecule has 1 amide bonds. The number of hydrogen-bond acceptors (Lipinski definition) is 3. The molecule has 1 unspecified atom stereocenters. The van der Waals surface area contributed by atoms with Gasteiger partial charge in [0.15, 0.2) is 0 Å². The summed E-state index contributed by atoms with van der Waals surface area (Å²) in [5.74, 6) is 1.06. The van der Waals surface area contributed by atoms with Gasteiger partial charge in [0, 0.05) is 19.0 Å². The Hall–Kier alpha value is -0.610. The van der Waals surface area contributed by atoms with Crippen LogP contribution in [0.25, 0.3) is 0 Å². The Bertz CT molecular complexity index is 249. The van der Waals surface area contributed by atoms with Crippen molar-refractivity contribution in [2.75, 3.05) is 19.6 Å². The monoisotopic (exact) mass is 226 g/mol. The van der Waals surface area contributed by atoms with Crippen LogP contribution in [0.2, 0.25) is 0 Å². The highest BCUT2D eigenvalue weighted by molar-refractivity contribution is 5.79. The molecule has 2 fully saturated rings. The van der Waals surface area contributed by atoms with E-state index in [2.05, 4.69) is 0 Å². The molecule has 2 rings (SSSR count). The SMILES string of the molecule is NCC1CCC(C(=O)N2CCC(O)C2)CC1. The molecule has 16 heavy (non-hydrogen) atoms. The quantitative estimate of drug-likeness (QED) is 0.714. The third-order valence-electron chi connectivity index (χ3n) is 4.00. The molecule has 1 aliphatic heterocycles. The topological polar surface area (TPSA) is 66.6 Å². The zero-order valence-corrected chi connectivity index (χ0v) is 9.77. The molecule has 0 aromatic rings. The van der Waals surface area contributed by atoms with Crippen LogP contribution in [0.15, 0.2) is 0 Å². The third-order valence-corrected chi connectivity index (χ3v) is 4.00. The van der Waals surface area contributed by atoms with E-state index >= 15 is 0 Å². The van der Waals surface area contributed by atoms with Crippen molar-refractivity contribution in [3.05, 3.63) is 0 Å². The minimum Gasteiger partial charge on any atom is -0.391 e. The van der Waals surface area contributed by atoms with Gasteiger partial charge < -0.3 is 15.7 Å². The van der Waals surface area contributed by atoms with E-state index in [0.29, 0.717) is 12.5 Å². The number of likely N-dealkylation sites (tertiary alicyclic amines) is 1. The van der Waals surface area contributed by atoms with Gasteiger partial charge in [-0.1, -0.05) is 0 Å². The Morgan fingerprint density at radius 3 is 2.44 bits per heavy atom. The lowest BCUT2D eigenvalue weighted by Crippen LogP contribution is -2.37. The number of aliphatic hydroxyl groups is 1. The van der Waals surface area contributed by atoms with Crippen molar-refractivity contribution in [3.8, 4) is 0 Å². The van der Waals surface area contributed by atoms with Crippen LogP contribution in [-0.2, 0) is 4.79 Å². The maximum atomic E-state index is 12.1. The smallest absolute Gasteiger partial charge is 0.225 e. The first-order valence-electron chi connectivity index (χ1n) is 6.37. The van der Waals surface area contributed by atoms with Crippen LogP contribution >= 0.6 is 0 Å². The first-order valence-corrected chi connectivity index (χ1v) is 6.37. The van der Waals surface area contributed by atoms with Crippen molar-refractivity contribution in [1.82, 2.24) is 4.90 Å². The first-order chi connectivity index (χ1) is 7.70. The summed E-state index contributed by atoms with van der Waals surface area (Å²) in [7, 11) is 0. The fourth-order valence-electron chi connectivity index (χ4n) is 2.85. The highest BCUT2D eigenvalue weighted by Gasteiger charge is 2.32. The van der Waals surface area contributed by atoms with E-state index in [9.17, 15) is 9.90 Å². The molecule has 0 aromatic heterocycles. The third kappa shape index (κ3) is 2.55. The lowest BCUT2D eigenvalue weighted by Gasteiger charge is -2.29. The van der Waals surface area contributed by atoms with E-state index in [0.717, 1.165) is 45.2 Å². The second-order valence-electron chi connectivity index (χ2n) is 5.18. The summed E-state index contributed by atoms with van der Waals surface area (Å²) in [6.45, 7) is 2.02. The summed E-state index contributed by atoms with van der Waals surface area (Å²) in [4.78, 5) is 14.0. The van der Waals surface area contributed by atoms with E-state index < -0.39 is 0 Å². The van der Waals surface area contributed by atoms with Crippen LogP contribution in [-0.4, -0.2) is 41.7 Å². The van der Waals surface area contributed by atoms with E-state index in [1.54, 1.807) is 0 Å². The molecule has 0 aromatic carbocycles. The predicted octanol–water partition coefficient (Wildman–Crippen LogP) is 0.345. The van der Waals surface area contributed by atoms with Crippen LogP contribution in [0.3, 0.4) is 0 Å². The van der Waals surface area contributed by atoms with Crippen molar-refractivity contribution >= 4 is 5.91 Å². The molecule has 4 nitrogen and oxygen atoms in total. The van der Waals surface area contributed by atoms with Gasteiger partial charge >= 0.3 is 0 Å². The van der Waals surface area contributed by atoms with Crippen LogP contribution in [0, 0.1) is 11.8 Å². The highest BCUT2D eigenvalue weighted by Crippen LogP contribution is 2.30. The Labute approximate surface area is 96.8 Å². The summed E-state index contributed by atoms with van der Waals surface area (Å²) in [5, 5.41) is 9.42. The molecule has 0 radical (unpaired) electrons. The second-order valence-corrected chi connectivity index (χ2v) is 5.18. The average molecular weight is 226 g/mol. The van der Waals surface area contributed by atoms with Crippen LogP contribution in [0.5, 0.6) is 0 Å². The zero-order chi connectivity index (χ0) is 11.5. The van der Waals surface area contributed by atoms with E-state index in [-0.39, 0.29) is 17.9 Å². The molecular weight excluding hydrogens is 204 g/mol. The molecule has 3 N–H and O–H groups in total. The van der Waals surface area contributed by atoms with E-state index in [1.807, 2.05) is 4.90 Å².